The number of benzene rings is 1. The first-order valence-electron chi connectivity index (χ1n) is 6.59. The van der Waals surface area contributed by atoms with Crippen LogP contribution in [0.1, 0.15) is 38.2 Å². The second-order valence-corrected chi connectivity index (χ2v) is 4.74. The Morgan fingerprint density at radius 2 is 2.06 bits per heavy atom. The Morgan fingerprint density at radius 1 is 1.24 bits per heavy atom. The molecule has 0 unspecified atom stereocenters. The van der Waals surface area contributed by atoms with Crippen molar-refractivity contribution in [3.8, 4) is 0 Å². The molecule has 1 aromatic carbocycles. The van der Waals surface area contributed by atoms with Crippen molar-refractivity contribution in [2.24, 2.45) is 5.73 Å². The summed E-state index contributed by atoms with van der Waals surface area (Å²) in [5, 5.41) is 3.49. The van der Waals surface area contributed by atoms with Crippen molar-refractivity contribution in [2.75, 3.05) is 11.9 Å². The van der Waals surface area contributed by atoms with E-state index in [-0.39, 0.29) is 0 Å². The van der Waals surface area contributed by atoms with Crippen LogP contribution in [-0.2, 0) is 6.42 Å². The van der Waals surface area contributed by atoms with Crippen LogP contribution < -0.4 is 11.1 Å². The van der Waals surface area contributed by atoms with Crippen LogP contribution in [0.3, 0.4) is 0 Å². The maximum Gasteiger partial charge on any atom is 0.0376 e. The Balaban J connectivity index is 2.12. The molecule has 1 aliphatic carbocycles. The zero-order chi connectivity index (χ0) is 12.1. The van der Waals surface area contributed by atoms with Gasteiger partial charge < -0.3 is 11.1 Å². The molecule has 0 atom stereocenters. The molecule has 0 saturated heterocycles. The average molecular weight is 230 g/mol. The minimum absolute atomic E-state index is 1.01. The molecular weight excluding hydrogens is 208 g/mol. The number of nitrogens with one attached hydrogen (secondary N) is 1. The van der Waals surface area contributed by atoms with Gasteiger partial charge in [0.2, 0.25) is 0 Å². The van der Waals surface area contributed by atoms with E-state index in [2.05, 4.69) is 36.5 Å². The molecule has 2 heteroatoms. The first kappa shape index (κ1) is 12.0. The van der Waals surface area contributed by atoms with E-state index in [9.17, 15) is 0 Å². The highest BCUT2D eigenvalue weighted by Gasteiger charge is 2.13. The molecule has 1 aromatic rings. The molecule has 92 valence electrons. The fourth-order valence-electron chi connectivity index (χ4n) is 2.37. The minimum Gasteiger partial charge on any atom is -0.402 e. The lowest BCUT2D eigenvalue weighted by Gasteiger charge is -2.12. The summed E-state index contributed by atoms with van der Waals surface area (Å²) in [6.45, 7) is 3.22. The highest BCUT2D eigenvalue weighted by Crippen LogP contribution is 2.28. The third kappa shape index (κ3) is 3.02. The molecule has 0 bridgehead atoms. The molecule has 0 spiro atoms. The van der Waals surface area contributed by atoms with E-state index >= 15 is 0 Å². The SMILES string of the molecule is CCCNc1ccccc1CC1=C(N)CCC1. The predicted octanol–water partition coefficient (Wildman–Crippen LogP) is 3.45. The lowest BCUT2D eigenvalue weighted by molar-refractivity contribution is 0.877. The topological polar surface area (TPSA) is 38.0 Å². The molecule has 2 nitrogen and oxygen atoms in total. The predicted molar refractivity (Wildman–Crippen MR) is 74.0 cm³/mol. The Morgan fingerprint density at radius 3 is 2.76 bits per heavy atom. The second-order valence-electron chi connectivity index (χ2n) is 4.74. The number of rotatable bonds is 5. The second kappa shape index (κ2) is 5.76. The van der Waals surface area contributed by atoms with Crippen LogP contribution in [0, 0.1) is 0 Å². The lowest BCUT2D eigenvalue weighted by atomic mass is 10.0. The van der Waals surface area contributed by atoms with Gasteiger partial charge in [-0.15, -0.1) is 0 Å². The third-order valence-electron chi connectivity index (χ3n) is 3.37. The molecule has 1 aliphatic rings. The molecule has 17 heavy (non-hydrogen) atoms. The molecule has 0 amide bonds. The molecular formula is C15H22N2. The molecule has 3 N–H and O–H groups in total. The molecule has 2 rings (SSSR count). The van der Waals surface area contributed by atoms with Gasteiger partial charge in [0.1, 0.15) is 0 Å². The van der Waals surface area contributed by atoms with Crippen LogP contribution in [0.2, 0.25) is 0 Å². The van der Waals surface area contributed by atoms with E-state index < -0.39 is 0 Å². The van der Waals surface area contributed by atoms with Gasteiger partial charge in [-0.2, -0.15) is 0 Å². The van der Waals surface area contributed by atoms with Crippen molar-refractivity contribution in [1.82, 2.24) is 0 Å². The van der Waals surface area contributed by atoms with E-state index in [4.69, 9.17) is 5.73 Å². The monoisotopic (exact) mass is 230 g/mol. The van der Waals surface area contributed by atoms with E-state index in [1.165, 1.54) is 29.7 Å². The van der Waals surface area contributed by atoms with Crippen LogP contribution in [0.25, 0.3) is 0 Å². The van der Waals surface area contributed by atoms with Gasteiger partial charge in [-0.25, -0.2) is 0 Å². The zero-order valence-electron chi connectivity index (χ0n) is 10.6. The van der Waals surface area contributed by atoms with Crippen LogP contribution in [0.5, 0.6) is 0 Å². The van der Waals surface area contributed by atoms with Crippen LogP contribution >= 0.6 is 0 Å². The van der Waals surface area contributed by atoms with Crippen molar-refractivity contribution >= 4 is 5.69 Å². The van der Waals surface area contributed by atoms with Crippen molar-refractivity contribution in [3.63, 3.8) is 0 Å². The summed E-state index contributed by atoms with van der Waals surface area (Å²) in [5.41, 5.74) is 11.2. The van der Waals surface area contributed by atoms with Crippen molar-refractivity contribution in [3.05, 3.63) is 41.1 Å². The van der Waals surface area contributed by atoms with Gasteiger partial charge in [0.05, 0.1) is 0 Å². The first-order valence-corrected chi connectivity index (χ1v) is 6.59. The summed E-state index contributed by atoms with van der Waals surface area (Å²) < 4.78 is 0. The van der Waals surface area contributed by atoms with Gasteiger partial charge in [0.25, 0.3) is 0 Å². The summed E-state index contributed by atoms with van der Waals surface area (Å²) in [6.07, 6.45) is 5.65. The molecule has 0 saturated carbocycles. The van der Waals surface area contributed by atoms with E-state index in [0.717, 1.165) is 31.5 Å². The zero-order valence-corrected chi connectivity index (χ0v) is 10.6. The summed E-state index contributed by atoms with van der Waals surface area (Å²) in [5.74, 6) is 0. The highest BCUT2D eigenvalue weighted by atomic mass is 14.9. The van der Waals surface area contributed by atoms with Gasteiger partial charge in [-0.3, -0.25) is 0 Å². The fraction of sp³-hybridized carbons (Fsp3) is 0.467. The van der Waals surface area contributed by atoms with Gasteiger partial charge in [0, 0.05) is 17.9 Å². The molecule has 0 aliphatic heterocycles. The summed E-state index contributed by atoms with van der Waals surface area (Å²) in [4.78, 5) is 0. The van der Waals surface area contributed by atoms with Gasteiger partial charge in [-0.1, -0.05) is 25.1 Å². The normalized spacial score (nSPS) is 15.4. The van der Waals surface area contributed by atoms with E-state index in [1.54, 1.807) is 0 Å². The number of para-hydroxylation sites is 1. The van der Waals surface area contributed by atoms with Gasteiger partial charge in [0.15, 0.2) is 0 Å². The van der Waals surface area contributed by atoms with Crippen LogP contribution in [0.4, 0.5) is 5.69 Å². The maximum atomic E-state index is 6.04. The fourth-order valence-corrected chi connectivity index (χ4v) is 2.37. The van der Waals surface area contributed by atoms with Crippen LogP contribution in [-0.4, -0.2) is 6.54 Å². The molecule has 0 fully saturated rings. The number of nitrogens with two attached hydrogens (primary N) is 1. The molecule has 0 heterocycles. The van der Waals surface area contributed by atoms with Crippen molar-refractivity contribution < 1.29 is 0 Å². The van der Waals surface area contributed by atoms with Crippen molar-refractivity contribution in [2.45, 2.75) is 39.0 Å². The lowest BCUT2D eigenvalue weighted by Crippen LogP contribution is -2.05. The third-order valence-corrected chi connectivity index (χ3v) is 3.37. The highest BCUT2D eigenvalue weighted by molar-refractivity contribution is 5.52. The number of hydrogen-bond donors (Lipinski definition) is 2. The Kier molecular flexibility index (Phi) is 4.08. The van der Waals surface area contributed by atoms with Crippen molar-refractivity contribution in [1.29, 1.82) is 0 Å². The maximum absolute atomic E-state index is 6.04. The van der Waals surface area contributed by atoms with E-state index in [0.29, 0.717) is 0 Å². The Bertz CT molecular complexity index is 407. The quantitative estimate of drug-likeness (QED) is 0.813. The molecule has 0 radical (unpaired) electrons. The summed E-state index contributed by atoms with van der Waals surface area (Å²) in [7, 11) is 0. The van der Waals surface area contributed by atoms with Gasteiger partial charge in [-0.05, 0) is 49.3 Å². The average Bonchev–Trinajstić information content (AvgIpc) is 2.74. The summed E-state index contributed by atoms with van der Waals surface area (Å²) in [6, 6.07) is 8.57. The number of anilines is 1. The largest absolute Gasteiger partial charge is 0.402 e. The number of hydrogen-bond acceptors (Lipinski definition) is 2. The standard InChI is InChI=1S/C15H22N2/c1-2-10-17-15-9-4-3-6-13(15)11-12-7-5-8-14(12)16/h3-4,6,9,17H,2,5,7-8,10-11,16H2,1H3. The van der Waals surface area contributed by atoms with Crippen LogP contribution in [0.15, 0.2) is 35.5 Å². The number of allylic oxidation sites excluding steroid dienone is 2. The Hall–Kier alpha value is -1.44. The summed E-state index contributed by atoms with van der Waals surface area (Å²) >= 11 is 0. The smallest absolute Gasteiger partial charge is 0.0376 e. The minimum atomic E-state index is 1.01. The first-order chi connectivity index (χ1) is 8.31. The van der Waals surface area contributed by atoms with Gasteiger partial charge >= 0.3 is 0 Å². The Labute approximate surface area is 104 Å². The molecule has 0 aromatic heterocycles. The van der Waals surface area contributed by atoms with E-state index in [1.807, 2.05) is 0 Å².